The third kappa shape index (κ3) is 5.07. The van der Waals surface area contributed by atoms with Gasteiger partial charge in [-0.25, -0.2) is 9.97 Å². The van der Waals surface area contributed by atoms with Gasteiger partial charge in [-0.3, -0.25) is 4.79 Å². The molecule has 3 rings (SSSR count). The van der Waals surface area contributed by atoms with E-state index < -0.39 is 0 Å². The van der Waals surface area contributed by atoms with E-state index in [1.54, 1.807) is 12.1 Å². The SMILES string of the molecule is CC(C)Oc1ccccc1NC(=O)c1cc(NC(C)c2ccccc2)ncn1. The van der Waals surface area contributed by atoms with Crippen molar-refractivity contribution in [1.82, 2.24) is 9.97 Å². The standard InChI is InChI=1S/C22H24N4O2/c1-15(2)28-20-12-8-7-11-18(20)26-22(27)19-13-21(24-14-23-19)25-16(3)17-9-5-4-6-10-17/h4-16H,1-3H3,(H,26,27)(H,23,24,25). The molecule has 0 bridgehead atoms. The highest BCUT2D eigenvalue weighted by molar-refractivity contribution is 6.04. The Bertz CT molecular complexity index is 929. The van der Waals surface area contributed by atoms with Gasteiger partial charge in [-0.1, -0.05) is 42.5 Å². The molecule has 1 heterocycles. The molecule has 0 fully saturated rings. The number of anilines is 2. The average Bonchev–Trinajstić information content (AvgIpc) is 2.70. The fourth-order valence-electron chi connectivity index (χ4n) is 2.72. The topological polar surface area (TPSA) is 76.1 Å². The highest BCUT2D eigenvalue weighted by atomic mass is 16.5. The highest BCUT2D eigenvalue weighted by Crippen LogP contribution is 2.25. The minimum Gasteiger partial charge on any atom is -0.489 e. The number of amides is 1. The number of carbonyl (C=O) groups is 1. The van der Waals surface area contributed by atoms with Crippen LogP contribution >= 0.6 is 0 Å². The maximum Gasteiger partial charge on any atom is 0.274 e. The van der Waals surface area contributed by atoms with Gasteiger partial charge in [0.2, 0.25) is 0 Å². The maximum atomic E-state index is 12.7. The first-order chi connectivity index (χ1) is 13.5. The van der Waals surface area contributed by atoms with Crippen LogP contribution in [0.15, 0.2) is 67.0 Å². The molecule has 144 valence electrons. The molecular formula is C22H24N4O2. The van der Waals surface area contributed by atoms with E-state index in [4.69, 9.17) is 4.74 Å². The predicted molar refractivity (Wildman–Crippen MR) is 111 cm³/mol. The molecule has 2 aromatic carbocycles. The summed E-state index contributed by atoms with van der Waals surface area (Å²) in [5.41, 5.74) is 2.01. The largest absolute Gasteiger partial charge is 0.489 e. The Hall–Kier alpha value is -3.41. The van der Waals surface area contributed by atoms with Gasteiger partial charge in [0, 0.05) is 12.1 Å². The van der Waals surface area contributed by atoms with E-state index in [1.165, 1.54) is 6.33 Å². The van der Waals surface area contributed by atoms with Crippen LogP contribution in [0.1, 0.15) is 42.9 Å². The zero-order valence-corrected chi connectivity index (χ0v) is 16.2. The van der Waals surface area contributed by atoms with E-state index in [2.05, 4.69) is 20.6 Å². The van der Waals surface area contributed by atoms with Gasteiger partial charge in [0.1, 0.15) is 23.6 Å². The van der Waals surface area contributed by atoms with E-state index in [0.717, 1.165) is 5.56 Å². The number of hydrogen-bond donors (Lipinski definition) is 2. The third-order valence-electron chi connectivity index (χ3n) is 4.06. The van der Waals surface area contributed by atoms with Crippen LogP contribution < -0.4 is 15.4 Å². The van der Waals surface area contributed by atoms with Crippen molar-refractivity contribution in [2.75, 3.05) is 10.6 Å². The van der Waals surface area contributed by atoms with E-state index in [9.17, 15) is 4.79 Å². The Balaban J connectivity index is 1.73. The molecule has 0 aliphatic rings. The molecule has 2 N–H and O–H groups in total. The fraction of sp³-hybridized carbons (Fsp3) is 0.227. The molecule has 28 heavy (non-hydrogen) atoms. The lowest BCUT2D eigenvalue weighted by Crippen LogP contribution is -2.17. The van der Waals surface area contributed by atoms with Crippen molar-refractivity contribution >= 4 is 17.4 Å². The van der Waals surface area contributed by atoms with Gasteiger partial charge in [-0.2, -0.15) is 0 Å². The Morgan fingerprint density at radius 1 is 0.964 bits per heavy atom. The van der Waals surface area contributed by atoms with Crippen LogP contribution in [0, 0.1) is 0 Å². The molecule has 0 aliphatic carbocycles. The normalized spacial score (nSPS) is 11.7. The van der Waals surface area contributed by atoms with Gasteiger partial charge in [-0.15, -0.1) is 0 Å². The van der Waals surface area contributed by atoms with E-state index in [-0.39, 0.29) is 23.7 Å². The lowest BCUT2D eigenvalue weighted by Gasteiger charge is -2.16. The highest BCUT2D eigenvalue weighted by Gasteiger charge is 2.14. The number of hydrogen-bond acceptors (Lipinski definition) is 5. The second-order valence-electron chi connectivity index (χ2n) is 6.68. The predicted octanol–water partition coefficient (Wildman–Crippen LogP) is 4.69. The van der Waals surface area contributed by atoms with Crippen molar-refractivity contribution in [3.63, 3.8) is 0 Å². The number of nitrogens with one attached hydrogen (secondary N) is 2. The van der Waals surface area contributed by atoms with Crippen molar-refractivity contribution < 1.29 is 9.53 Å². The number of ether oxygens (including phenoxy) is 1. The van der Waals surface area contributed by atoms with Gasteiger partial charge in [0.25, 0.3) is 5.91 Å². The monoisotopic (exact) mass is 376 g/mol. The van der Waals surface area contributed by atoms with Crippen LogP contribution in [-0.4, -0.2) is 22.0 Å². The van der Waals surface area contributed by atoms with Crippen molar-refractivity contribution in [2.24, 2.45) is 0 Å². The zero-order valence-electron chi connectivity index (χ0n) is 16.2. The minimum absolute atomic E-state index is 0.00683. The molecule has 6 heteroatoms. The Kier molecular flexibility index (Phi) is 6.22. The molecule has 3 aromatic rings. The van der Waals surface area contributed by atoms with Crippen molar-refractivity contribution in [3.05, 3.63) is 78.2 Å². The first kappa shape index (κ1) is 19.4. The molecule has 0 saturated heterocycles. The molecule has 0 spiro atoms. The van der Waals surface area contributed by atoms with Crippen LogP contribution in [0.25, 0.3) is 0 Å². The summed E-state index contributed by atoms with van der Waals surface area (Å²) in [5.74, 6) is 0.886. The maximum absolute atomic E-state index is 12.7. The summed E-state index contributed by atoms with van der Waals surface area (Å²) < 4.78 is 5.75. The lowest BCUT2D eigenvalue weighted by molar-refractivity contribution is 0.102. The van der Waals surface area contributed by atoms with Crippen LogP contribution in [-0.2, 0) is 0 Å². The minimum atomic E-state index is -0.322. The smallest absolute Gasteiger partial charge is 0.274 e. The third-order valence-corrected chi connectivity index (χ3v) is 4.06. The first-order valence-electron chi connectivity index (χ1n) is 9.23. The number of para-hydroxylation sites is 2. The van der Waals surface area contributed by atoms with Crippen LogP contribution in [0.2, 0.25) is 0 Å². The molecule has 0 saturated carbocycles. The molecule has 0 radical (unpaired) electrons. The number of nitrogens with zero attached hydrogens (tertiary/aromatic N) is 2. The summed E-state index contributed by atoms with van der Waals surface area (Å²) in [6, 6.07) is 19.1. The summed E-state index contributed by atoms with van der Waals surface area (Å²) in [7, 11) is 0. The molecule has 1 amide bonds. The summed E-state index contributed by atoms with van der Waals surface area (Å²) >= 11 is 0. The number of carbonyl (C=O) groups excluding carboxylic acids is 1. The van der Waals surface area contributed by atoms with E-state index in [1.807, 2.05) is 69.3 Å². The summed E-state index contributed by atoms with van der Waals surface area (Å²) in [4.78, 5) is 21.0. The fourth-order valence-corrected chi connectivity index (χ4v) is 2.72. The Labute approximate surface area is 165 Å². The van der Waals surface area contributed by atoms with Crippen LogP contribution in [0.5, 0.6) is 5.75 Å². The van der Waals surface area contributed by atoms with Gasteiger partial charge in [0.15, 0.2) is 0 Å². The van der Waals surface area contributed by atoms with Gasteiger partial charge in [-0.05, 0) is 38.5 Å². The summed E-state index contributed by atoms with van der Waals surface area (Å²) in [6.45, 7) is 5.92. The number of aromatic nitrogens is 2. The molecule has 0 aliphatic heterocycles. The summed E-state index contributed by atoms with van der Waals surface area (Å²) in [5, 5.41) is 6.16. The second-order valence-corrected chi connectivity index (χ2v) is 6.68. The van der Waals surface area contributed by atoms with Crippen molar-refractivity contribution in [2.45, 2.75) is 32.9 Å². The molecule has 1 unspecified atom stereocenters. The van der Waals surface area contributed by atoms with Gasteiger partial charge >= 0.3 is 0 Å². The van der Waals surface area contributed by atoms with E-state index >= 15 is 0 Å². The van der Waals surface area contributed by atoms with Crippen LogP contribution in [0.4, 0.5) is 11.5 Å². The molecule has 1 aromatic heterocycles. The molecular weight excluding hydrogens is 352 g/mol. The number of benzene rings is 2. The molecule has 6 nitrogen and oxygen atoms in total. The van der Waals surface area contributed by atoms with Gasteiger partial charge < -0.3 is 15.4 Å². The molecule has 1 atom stereocenters. The van der Waals surface area contributed by atoms with E-state index in [0.29, 0.717) is 17.3 Å². The lowest BCUT2D eigenvalue weighted by atomic mass is 10.1. The number of rotatable bonds is 7. The average molecular weight is 376 g/mol. The van der Waals surface area contributed by atoms with Gasteiger partial charge in [0.05, 0.1) is 11.8 Å². The van der Waals surface area contributed by atoms with Crippen molar-refractivity contribution in [1.29, 1.82) is 0 Å². The van der Waals surface area contributed by atoms with Crippen molar-refractivity contribution in [3.8, 4) is 5.75 Å². The Morgan fingerprint density at radius 3 is 2.43 bits per heavy atom. The quantitative estimate of drug-likeness (QED) is 0.626. The second kappa shape index (κ2) is 8.99. The summed E-state index contributed by atoms with van der Waals surface area (Å²) in [6.07, 6.45) is 1.39. The Morgan fingerprint density at radius 2 is 1.68 bits per heavy atom. The van der Waals surface area contributed by atoms with Crippen LogP contribution in [0.3, 0.4) is 0 Å². The zero-order chi connectivity index (χ0) is 19.9. The first-order valence-corrected chi connectivity index (χ1v) is 9.23.